The number of pyridine rings is 1. The van der Waals surface area contributed by atoms with E-state index in [2.05, 4.69) is 26.2 Å². The number of para-hydroxylation sites is 1. The molecule has 0 bridgehead atoms. The zero-order chi connectivity index (χ0) is 14.8. The second kappa shape index (κ2) is 5.92. The predicted octanol–water partition coefficient (Wildman–Crippen LogP) is 4.45. The van der Waals surface area contributed by atoms with Crippen molar-refractivity contribution in [1.29, 1.82) is 0 Å². The van der Waals surface area contributed by atoms with Gasteiger partial charge in [-0.2, -0.15) is 0 Å². The zero-order valence-corrected chi connectivity index (χ0v) is 13.1. The molecule has 0 aliphatic heterocycles. The monoisotopic (exact) mass is 344 g/mol. The molecule has 2 aromatic carbocycles. The van der Waals surface area contributed by atoms with Gasteiger partial charge in [-0.1, -0.05) is 30.3 Å². The minimum atomic E-state index is -0.260. The second-order valence-corrected chi connectivity index (χ2v) is 5.67. The largest absolute Gasteiger partial charge is 0.309 e. The molecule has 21 heavy (non-hydrogen) atoms. The van der Waals surface area contributed by atoms with E-state index >= 15 is 0 Å². The first kappa shape index (κ1) is 14.2. The van der Waals surface area contributed by atoms with Crippen LogP contribution in [0.5, 0.6) is 0 Å². The van der Waals surface area contributed by atoms with E-state index in [0.29, 0.717) is 4.47 Å². The molecular weight excluding hydrogens is 331 g/mol. The highest BCUT2D eigenvalue weighted by Crippen LogP contribution is 2.29. The average Bonchev–Trinajstić information content (AvgIpc) is 2.52. The first-order chi connectivity index (χ1) is 10.2. The molecule has 106 valence electrons. The zero-order valence-electron chi connectivity index (χ0n) is 11.5. The van der Waals surface area contributed by atoms with Crippen LogP contribution in [0, 0.1) is 5.82 Å². The predicted molar refractivity (Wildman–Crippen MR) is 86.7 cm³/mol. The first-order valence-electron chi connectivity index (χ1n) is 6.66. The number of hydrogen-bond acceptors (Lipinski definition) is 2. The fourth-order valence-corrected chi connectivity index (χ4v) is 2.95. The van der Waals surface area contributed by atoms with Gasteiger partial charge in [0.05, 0.1) is 16.0 Å². The molecule has 3 rings (SSSR count). The van der Waals surface area contributed by atoms with E-state index in [0.717, 1.165) is 22.0 Å². The summed E-state index contributed by atoms with van der Waals surface area (Å²) in [6, 6.07) is 15.1. The Hall–Kier alpha value is -1.78. The lowest BCUT2D eigenvalue weighted by molar-refractivity contribution is 0.617. The van der Waals surface area contributed by atoms with Crippen molar-refractivity contribution in [2.45, 2.75) is 6.04 Å². The van der Waals surface area contributed by atoms with Crippen LogP contribution in [0.15, 0.2) is 59.2 Å². The van der Waals surface area contributed by atoms with Crippen molar-refractivity contribution in [2.24, 2.45) is 0 Å². The van der Waals surface area contributed by atoms with Gasteiger partial charge in [-0.15, -0.1) is 0 Å². The number of rotatable bonds is 3. The van der Waals surface area contributed by atoms with Crippen LogP contribution in [-0.2, 0) is 0 Å². The lowest BCUT2D eigenvalue weighted by Crippen LogP contribution is -2.18. The Kier molecular flexibility index (Phi) is 3.99. The normalized spacial score (nSPS) is 12.5. The van der Waals surface area contributed by atoms with E-state index in [1.54, 1.807) is 18.3 Å². The summed E-state index contributed by atoms with van der Waals surface area (Å²) in [6.07, 6.45) is 1.79. The summed E-state index contributed by atoms with van der Waals surface area (Å²) < 4.78 is 13.9. The number of aromatic nitrogens is 1. The minimum Gasteiger partial charge on any atom is -0.309 e. The summed E-state index contributed by atoms with van der Waals surface area (Å²) >= 11 is 3.25. The minimum absolute atomic E-state index is 0.0412. The number of benzene rings is 2. The quantitative estimate of drug-likeness (QED) is 0.759. The summed E-state index contributed by atoms with van der Waals surface area (Å²) in [7, 11) is 1.89. The van der Waals surface area contributed by atoms with Crippen molar-refractivity contribution < 1.29 is 4.39 Å². The van der Waals surface area contributed by atoms with Crippen molar-refractivity contribution in [3.05, 3.63) is 76.1 Å². The van der Waals surface area contributed by atoms with E-state index in [-0.39, 0.29) is 11.9 Å². The van der Waals surface area contributed by atoms with Gasteiger partial charge in [0.1, 0.15) is 5.82 Å². The molecule has 1 heterocycles. The van der Waals surface area contributed by atoms with E-state index in [4.69, 9.17) is 0 Å². The van der Waals surface area contributed by atoms with Gasteiger partial charge < -0.3 is 5.32 Å². The van der Waals surface area contributed by atoms with E-state index in [1.807, 2.05) is 37.4 Å². The summed E-state index contributed by atoms with van der Waals surface area (Å²) in [5.41, 5.74) is 3.03. The summed E-state index contributed by atoms with van der Waals surface area (Å²) in [6.45, 7) is 0. The SMILES string of the molecule is CNC(c1ccc(F)c(Br)c1)c1cccc2cccnc12. The molecule has 0 saturated carbocycles. The van der Waals surface area contributed by atoms with Crippen LogP contribution in [0.4, 0.5) is 4.39 Å². The molecule has 0 saturated heterocycles. The van der Waals surface area contributed by atoms with Gasteiger partial charge in [0.15, 0.2) is 0 Å². The number of fused-ring (bicyclic) bond motifs is 1. The molecule has 2 nitrogen and oxygen atoms in total. The Morgan fingerprint density at radius 2 is 1.95 bits per heavy atom. The van der Waals surface area contributed by atoms with Crippen molar-refractivity contribution in [3.8, 4) is 0 Å². The highest BCUT2D eigenvalue weighted by atomic mass is 79.9. The maximum absolute atomic E-state index is 13.4. The topological polar surface area (TPSA) is 24.9 Å². The first-order valence-corrected chi connectivity index (χ1v) is 7.46. The Morgan fingerprint density at radius 3 is 2.71 bits per heavy atom. The highest BCUT2D eigenvalue weighted by Gasteiger charge is 2.16. The fraction of sp³-hybridized carbons (Fsp3) is 0.118. The number of hydrogen-bond donors (Lipinski definition) is 1. The van der Waals surface area contributed by atoms with Crippen LogP contribution in [0.1, 0.15) is 17.2 Å². The third-order valence-corrected chi connectivity index (χ3v) is 4.15. The van der Waals surface area contributed by atoms with Gasteiger partial charge in [-0.25, -0.2) is 4.39 Å². The van der Waals surface area contributed by atoms with Crippen LogP contribution in [0.25, 0.3) is 10.9 Å². The van der Waals surface area contributed by atoms with E-state index in [1.165, 1.54) is 6.07 Å². The van der Waals surface area contributed by atoms with Crippen molar-refractivity contribution in [2.75, 3.05) is 7.05 Å². The molecule has 3 aromatic rings. The van der Waals surface area contributed by atoms with Crippen molar-refractivity contribution in [1.82, 2.24) is 10.3 Å². The van der Waals surface area contributed by atoms with Crippen LogP contribution < -0.4 is 5.32 Å². The molecular formula is C17H14BrFN2. The number of nitrogens with one attached hydrogen (secondary N) is 1. The van der Waals surface area contributed by atoms with Crippen LogP contribution in [-0.4, -0.2) is 12.0 Å². The lowest BCUT2D eigenvalue weighted by atomic mass is 9.96. The van der Waals surface area contributed by atoms with Gasteiger partial charge in [-0.05, 0) is 52.3 Å². The standard InChI is InChI=1S/C17H14BrFN2/c1-20-16(12-7-8-15(19)14(18)10-12)13-6-2-4-11-5-3-9-21-17(11)13/h2-10,16,20H,1H3. The Bertz CT molecular complexity index is 783. The molecule has 0 radical (unpaired) electrons. The molecule has 0 aliphatic carbocycles. The summed E-state index contributed by atoms with van der Waals surface area (Å²) in [5.74, 6) is -0.260. The van der Waals surface area contributed by atoms with Gasteiger partial charge in [0.2, 0.25) is 0 Å². The molecule has 1 aromatic heterocycles. The second-order valence-electron chi connectivity index (χ2n) is 4.82. The van der Waals surface area contributed by atoms with Gasteiger partial charge in [0, 0.05) is 11.6 Å². The van der Waals surface area contributed by atoms with E-state index in [9.17, 15) is 4.39 Å². The van der Waals surface area contributed by atoms with Crippen molar-refractivity contribution >= 4 is 26.8 Å². The molecule has 4 heteroatoms. The molecule has 1 N–H and O–H groups in total. The van der Waals surface area contributed by atoms with E-state index < -0.39 is 0 Å². The van der Waals surface area contributed by atoms with Crippen LogP contribution in [0.3, 0.4) is 0 Å². The molecule has 0 fully saturated rings. The summed E-state index contributed by atoms with van der Waals surface area (Å²) in [5, 5.41) is 4.38. The maximum atomic E-state index is 13.4. The molecule has 0 spiro atoms. The number of halogens is 2. The van der Waals surface area contributed by atoms with Gasteiger partial charge in [0.25, 0.3) is 0 Å². The van der Waals surface area contributed by atoms with Gasteiger partial charge in [-0.3, -0.25) is 4.98 Å². The Morgan fingerprint density at radius 1 is 1.14 bits per heavy atom. The average molecular weight is 345 g/mol. The smallest absolute Gasteiger partial charge is 0.137 e. The molecule has 1 unspecified atom stereocenters. The highest BCUT2D eigenvalue weighted by molar-refractivity contribution is 9.10. The fourth-order valence-electron chi connectivity index (χ4n) is 2.55. The molecule has 0 amide bonds. The van der Waals surface area contributed by atoms with Crippen molar-refractivity contribution in [3.63, 3.8) is 0 Å². The Balaban J connectivity index is 2.16. The van der Waals surface area contributed by atoms with Crippen LogP contribution in [0.2, 0.25) is 0 Å². The third-order valence-electron chi connectivity index (χ3n) is 3.54. The number of nitrogens with zero attached hydrogens (tertiary/aromatic N) is 1. The molecule has 1 atom stereocenters. The van der Waals surface area contributed by atoms with Gasteiger partial charge >= 0.3 is 0 Å². The molecule has 0 aliphatic rings. The Labute approximate surface area is 131 Å². The van der Waals surface area contributed by atoms with Crippen LogP contribution >= 0.6 is 15.9 Å². The lowest BCUT2D eigenvalue weighted by Gasteiger charge is -2.19. The third kappa shape index (κ3) is 2.69. The summed E-state index contributed by atoms with van der Waals surface area (Å²) in [4.78, 5) is 4.49. The maximum Gasteiger partial charge on any atom is 0.137 e.